The van der Waals surface area contributed by atoms with Gasteiger partial charge in [-0.15, -0.1) is 11.3 Å². The molecule has 1 fully saturated rings. The van der Waals surface area contributed by atoms with E-state index in [0.717, 1.165) is 55.4 Å². The van der Waals surface area contributed by atoms with Crippen molar-refractivity contribution < 1.29 is 27.5 Å². The van der Waals surface area contributed by atoms with Gasteiger partial charge in [0.1, 0.15) is 11.5 Å². The molecule has 0 spiro atoms. The van der Waals surface area contributed by atoms with Crippen LogP contribution in [0.25, 0.3) is 0 Å². The zero-order valence-electron chi connectivity index (χ0n) is 19.4. The SMILES string of the molecule is O=C(Cn1nc(C(F)(F)F)c2c1CCCC2)Nc1sc2c(c1C(=O)NC[C@@H]1CCCO1)CCCC2. The molecule has 7 nitrogen and oxygen atoms in total. The second-order valence-electron chi connectivity index (χ2n) is 9.44. The molecule has 2 aromatic rings. The highest BCUT2D eigenvalue weighted by Gasteiger charge is 2.39. The Morgan fingerprint density at radius 1 is 1.06 bits per heavy atom. The Labute approximate surface area is 205 Å². The van der Waals surface area contributed by atoms with E-state index in [-0.39, 0.29) is 24.1 Å². The third-order valence-corrected chi connectivity index (χ3v) is 8.19. The van der Waals surface area contributed by atoms with Gasteiger partial charge in [-0.05, 0) is 69.8 Å². The molecule has 2 amide bonds. The number of ether oxygens (including phenoxy) is 1. The first kappa shape index (κ1) is 24.3. The zero-order chi connectivity index (χ0) is 24.6. The number of hydrogen-bond acceptors (Lipinski definition) is 5. The topological polar surface area (TPSA) is 85.2 Å². The first-order valence-electron chi connectivity index (χ1n) is 12.3. The van der Waals surface area contributed by atoms with Gasteiger partial charge in [-0.25, -0.2) is 0 Å². The minimum Gasteiger partial charge on any atom is -0.376 e. The molecule has 5 rings (SSSR count). The van der Waals surface area contributed by atoms with Gasteiger partial charge in [0, 0.05) is 29.3 Å². The molecule has 0 saturated carbocycles. The quantitative estimate of drug-likeness (QED) is 0.608. The predicted octanol–water partition coefficient (Wildman–Crippen LogP) is 4.27. The molecule has 1 saturated heterocycles. The van der Waals surface area contributed by atoms with E-state index >= 15 is 0 Å². The Bertz CT molecular complexity index is 1120. The third-order valence-electron chi connectivity index (χ3n) is 6.98. The number of fused-ring (bicyclic) bond motifs is 2. The van der Waals surface area contributed by atoms with Crippen molar-refractivity contribution in [1.29, 1.82) is 0 Å². The lowest BCUT2D eigenvalue weighted by Gasteiger charge is -2.15. The molecule has 2 aromatic heterocycles. The molecule has 190 valence electrons. The van der Waals surface area contributed by atoms with E-state index in [4.69, 9.17) is 4.74 Å². The maximum atomic E-state index is 13.5. The van der Waals surface area contributed by atoms with Crippen molar-refractivity contribution in [3.05, 3.63) is 33.0 Å². The average Bonchev–Trinajstić information content (AvgIpc) is 3.55. The number of nitrogens with one attached hydrogen (secondary N) is 2. The highest BCUT2D eigenvalue weighted by Crippen LogP contribution is 2.39. The maximum absolute atomic E-state index is 13.5. The van der Waals surface area contributed by atoms with Crippen LogP contribution in [-0.4, -0.2) is 40.9 Å². The molecule has 0 bridgehead atoms. The summed E-state index contributed by atoms with van der Waals surface area (Å²) >= 11 is 1.39. The molecule has 1 aliphatic heterocycles. The van der Waals surface area contributed by atoms with Gasteiger partial charge in [0.25, 0.3) is 5.91 Å². The Morgan fingerprint density at radius 2 is 1.80 bits per heavy atom. The molecule has 3 heterocycles. The van der Waals surface area contributed by atoms with Crippen LogP contribution < -0.4 is 10.6 Å². The Morgan fingerprint density at radius 3 is 2.54 bits per heavy atom. The van der Waals surface area contributed by atoms with E-state index in [1.54, 1.807) is 0 Å². The summed E-state index contributed by atoms with van der Waals surface area (Å²) in [6.45, 7) is 0.789. The number of thiophene rings is 1. The van der Waals surface area contributed by atoms with Gasteiger partial charge in [-0.1, -0.05) is 0 Å². The molecule has 2 aliphatic carbocycles. The molecule has 1 atom stereocenters. The number of anilines is 1. The number of carbonyl (C=O) groups excluding carboxylic acids is 2. The molecule has 3 aliphatic rings. The van der Waals surface area contributed by atoms with Crippen LogP contribution in [0.4, 0.5) is 18.2 Å². The van der Waals surface area contributed by atoms with Crippen LogP contribution in [0, 0.1) is 0 Å². The summed E-state index contributed by atoms with van der Waals surface area (Å²) < 4.78 is 47.3. The summed E-state index contributed by atoms with van der Waals surface area (Å²) in [5.41, 5.74) is 1.25. The van der Waals surface area contributed by atoms with Gasteiger partial charge >= 0.3 is 6.18 Å². The zero-order valence-corrected chi connectivity index (χ0v) is 20.2. The summed E-state index contributed by atoms with van der Waals surface area (Å²) in [7, 11) is 0. The number of nitrogens with zero attached hydrogens (tertiary/aromatic N) is 2. The summed E-state index contributed by atoms with van der Waals surface area (Å²) in [5.74, 6) is -0.729. The number of aryl methyl sites for hydroxylation is 1. The van der Waals surface area contributed by atoms with E-state index < -0.39 is 17.8 Å². The van der Waals surface area contributed by atoms with Gasteiger partial charge in [0.2, 0.25) is 5.91 Å². The van der Waals surface area contributed by atoms with Gasteiger partial charge in [-0.3, -0.25) is 14.3 Å². The lowest BCUT2D eigenvalue weighted by Crippen LogP contribution is -2.33. The van der Waals surface area contributed by atoms with E-state index in [9.17, 15) is 22.8 Å². The average molecular weight is 511 g/mol. The first-order chi connectivity index (χ1) is 16.8. The molecule has 0 aromatic carbocycles. The van der Waals surface area contributed by atoms with Crippen LogP contribution in [0.1, 0.15) is 76.3 Å². The lowest BCUT2D eigenvalue weighted by molar-refractivity contribution is -0.142. The number of hydrogen-bond donors (Lipinski definition) is 2. The van der Waals surface area contributed by atoms with Crippen LogP contribution in [0.5, 0.6) is 0 Å². The molecule has 11 heteroatoms. The van der Waals surface area contributed by atoms with Crippen molar-refractivity contribution in [1.82, 2.24) is 15.1 Å². The van der Waals surface area contributed by atoms with Gasteiger partial charge in [-0.2, -0.15) is 18.3 Å². The van der Waals surface area contributed by atoms with E-state index in [1.165, 1.54) is 16.0 Å². The van der Waals surface area contributed by atoms with E-state index in [2.05, 4.69) is 15.7 Å². The van der Waals surface area contributed by atoms with Gasteiger partial charge < -0.3 is 15.4 Å². The van der Waals surface area contributed by atoms with Crippen LogP contribution in [-0.2, 0) is 47.9 Å². The number of carbonyl (C=O) groups is 2. The van der Waals surface area contributed by atoms with Crippen LogP contribution in [0.15, 0.2) is 0 Å². The fraction of sp³-hybridized carbons (Fsp3) is 0.625. The Balaban J connectivity index is 1.35. The summed E-state index contributed by atoms with van der Waals surface area (Å²) in [4.78, 5) is 27.2. The second-order valence-corrected chi connectivity index (χ2v) is 10.5. The normalized spacial score (nSPS) is 19.8. The predicted molar refractivity (Wildman–Crippen MR) is 125 cm³/mol. The third kappa shape index (κ3) is 5.11. The molecule has 0 radical (unpaired) electrons. The van der Waals surface area contributed by atoms with Crippen molar-refractivity contribution >= 4 is 28.2 Å². The fourth-order valence-corrected chi connectivity index (χ4v) is 6.63. The summed E-state index contributed by atoms with van der Waals surface area (Å²) in [6.07, 6.45) is 3.18. The number of alkyl halides is 3. The molecule has 0 unspecified atom stereocenters. The fourth-order valence-electron chi connectivity index (χ4n) is 5.33. The van der Waals surface area contributed by atoms with Gasteiger partial charge in [0.15, 0.2) is 5.69 Å². The number of halogens is 3. The molecular formula is C24H29F3N4O3S. The Hall–Kier alpha value is -2.40. The molecule has 2 N–H and O–H groups in total. The summed E-state index contributed by atoms with van der Waals surface area (Å²) in [6, 6.07) is 0. The second kappa shape index (κ2) is 9.93. The highest BCUT2D eigenvalue weighted by atomic mass is 32.1. The maximum Gasteiger partial charge on any atom is 0.435 e. The van der Waals surface area contributed by atoms with Crippen LogP contribution in [0.3, 0.4) is 0 Å². The number of amides is 2. The van der Waals surface area contributed by atoms with Crippen molar-refractivity contribution in [3.63, 3.8) is 0 Å². The largest absolute Gasteiger partial charge is 0.435 e. The Kier molecular flexibility index (Phi) is 6.89. The minimum absolute atomic E-state index is 0.000253. The van der Waals surface area contributed by atoms with Crippen LogP contribution in [0.2, 0.25) is 0 Å². The van der Waals surface area contributed by atoms with E-state index in [1.807, 2.05) is 0 Å². The smallest absolute Gasteiger partial charge is 0.376 e. The molecular weight excluding hydrogens is 481 g/mol. The van der Waals surface area contributed by atoms with Crippen molar-refractivity contribution in [2.45, 2.75) is 83.0 Å². The first-order valence-corrected chi connectivity index (χ1v) is 13.1. The van der Waals surface area contributed by atoms with E-state index in [0.29, 0.717) is 48.7 Å². The van der Waals surface area contributed by atoms with Gasteiger partial charge in [0.05, 0.1) is 11.7 Å². The molecule has 35 heavy (non-hydrogen) atoms. The standard InChI is InChI=1S/C24H29F3N4O3S/c25-24(26,27)21-15-7-1-3-9-17(15)31(30-21)13-19(32)29-23-20(16-8-2-4-10-18(16)35-23)22(33)28-12-14-6-5-11-34-14/h14H,1-13H2,(H,28,33)(H,29,32)/t14-/m0/s1. The van der Waals surface area contributed by atoms with Crippen molar-refractivity contribution in [2.24, 2.45) is 0 Å². The highest BCUT2D eigenvalue weighted by molar-refractivity contribution is 7.17. The lowest BCUT2D eigenvalue weighted by atomic mass is 9.95. The monoisotopic (exact) mass is 510 g/mol. The number of aromatic nitrogens is 2. The van der Waals surface area contributed by atoms with Crippen LogP contribution >= 0.6 is 11.3 Å². The minimum atomic E-state index is -4.55. The van der Waals surface area contributed by atoms with Crippen molar-refractivity contribution in [3.8, 4) is 0 Å². The van der Waals surface area contributed by atoms with Crippen molar-refractivity contribution in [2.75, 3.05) is 18.5 Å². The number of rotatable bonds is 6. The summed E-state index contributed by atoms with van der Waals surface area (Å²) in [5, 5.41) is 10.0.